The lowest BCUT2D eigenvalue weighted by atomic mass is 10.2. The van der Waals surface area contributed by atoms with Gasteiger partial charge in [0.25, 0.3) is 0 Å². The molecule has 1 aromatic rings. The third kappa shape index (κ3) is 8.14. The average Bonchev–Trinajstić information content (AvgIpc) is 2.37. The highest BCUT2D eigenvalue weighted by Crippen LogP contribution is 2.15. The molecule has 1 N–H and O–H groups in total. The molecule has 106 valence electrons. The topological polar surface area (TPSA) is 32.3 Å². The van der Waals surface area contributed by atoms with Crippen LogP contribution in [0.3, 0.4) is 0 Å². The first-order valence-corrected chi connectivity index (χ1v) is 7.85. The van der Waals surface area contributed by atoms with Gasteiger partial charge in [0, 0.05) is 17.3 Å². The zero-order chi connectivity index (χ0) is 14.1. The van der Waals surface area contributed by atoms with Gasteiger partial charge in [0.2, 0.25) is 5.91 Å². The first-order valence-electron chi connectivity index (χ1n) is 6.31. The van der Waals surface area contributed by atoms with Crippen molar-refractivity contribution in [1.82, 2.24) is 10.2 Å². The van der Waals surface area contributed by atoms with Gasteiger partial charge in [-0.3, -0.25) is 4.79 Å². The molecule has 0 fully saturated rings. The van der Waals surface area contributed by atoms with Gasteiger partial charge in [-0.05, 0) is 44.8 Å². The Morgan fingerprint density at radius 2 is 2.00 bits per heavy atom. The van der Waals surface area contributed by atoms with Crippen molar-refractivity contribution >= 4 is 29.3 Å². The molecule has 19 heavy (non-hydrogen) atoms. The molecule has 0 spiro atoms. The zero-order valence-electron chi connectivity index (χ0n) is 11.5. The van der Waals surface area contributed by atoms with E-state index in [2.05, 4.69) is 10.2 Å². The van der Waals surface area contributed by atoms with E-state index in [1.807, 2.05) is 38.4 Å². The van der Waals surface area contributed by atoms with Crippen LogP contribution in [0, 0.1) is 0 Å². The normalized spacial score (nSPS) is 10.7. The van der Waals surface area contributed by atoms with Gasteiger partial charge in [-0.2, -0.15) is 0 Å². The van der Waals surface area contributed by atoms with Gasteiger partial charge in [0.1, 0.15) is 0 Å². The lowest BCUT2D eigenvalue weighted by molar-refractivity contribution is -0.118. The largest absolute Gasteiger partial charge is 0.355 e. The van der Waals surface area contributed by atoms with Crippen LogP contribution in [0.4, 0.5) is 0 Å². The third-order valence-electron chi connectivity index (χ3n) is 2.52. The minimum Gasteiger partial charge on any atom is -0.355 e. The molecule has 0 aromatic heterocycles. The van der Waals surface area contributed by atoms with Crippen LogP contribution >= 0.6 is 23.4 Å². The van der Waals surface area contributed by atoms with E-state index >= 15 is 0 Å². The highest BCUT2D eigenvalue weighted by molar-refractivity contribution is 7.99. The second-order valence-electron chi connectivity index (χ2n) is 4.63. The van der Waals surface area contributed by atoms with Gasteiger partial charge >= 0.3 is 0 Å². The van der Waals surface area contributed by atoms with Crippen LogP contribution < -0.4 is 5.32 Å². The van der Waals surface area contributed by atoms with Crippen molar-refractivity contribution in [2.45, 2.75) is 12.2 Å². The molecule has 0 aliphatic rings. The maximum atomic E-state index is 11.6. The maximum absolute atomic E-state index is 11.6. The van der Waals surface area contributed by atoms with Crippen LogP contribution in [0.2, 0.25) is 5.02 Å². The first kappa shape index (κ1) is 16.3. The molecule has 0 aliphatic carbocycles. The van der Waals surface area contributed by atoms with E-state index in [1.54, 1.807) is 11.8 Å². The number of carbonyl (C=O) groups excluding carboxylic acids is 1. The molecule has 1 amide bonds. The molecule has 0 saturated carbocycles. The Balaban J connectivity index is 2.08. The fourth-order valence-corrected chi connectivity index (χ4v) is 2.46. The Hall–Kier alpha value is -0.710. The monoisotopic (exact) mass is 300 g/mol. The fraction of sp³-hybridized carbons (Fsp3) is 0.500. The minimum absolute atomic E-state index is 0.109. The van der Waals surface area contributed by atoms with E-state index in [0.29, 0.717) is 5.75 Å². The number of carbonyl (C=O) groups is 1. The summed E-state index contributed by atoms with van der Waals surface area (Å²) in [6.07, 6.45) is 0.987. The summed E-state index contributed by atoms with van der Waals surface area (Å²) in [6.45, 7) is 1.75. The van der Waals surface area contributed by atoms with Gasteiger partial charge < -0.3 is 10.2 Å². The standard InChI is InChI=1S/C14H21ClN2OS/c1-17(2)9-3-8-16-14(18)11-19-10-12-4-6-13(15)7-5-12/h4-7H,3,8-11H2,1-2H3,(H,16,18). The molecular formula is C14H21ClN2OS. The summed E-state index contributed by atoms with van der Waals surface area (Å²) in [5.41, 5.74) is 1.19. The predicted molar refractivity (Wildman–Crippen MR) is 83.8 cm³/mol. The summed E-state index contributed by atoms with van der Waals surface area (Å²) in [5, 5.41) is 3.67. The van der Waals surface area contributed by atoms with Gasteiger partial charge in [-0.1, -0.05) is 23.7 Å². The Labute approximate surface area is 124 Å². The quantitative estimate of drug-likeness (QED) is 0.749. The van der Waals surface area contributed by atoms with Gasteiger partial charge in [-0.25, -0.2) is 0 Å². The van der Waals surface area contributed by atoms with Crippen molar-refractivity contribution in [2.24, 2.45) is 0 Å². The molecule has 5 heteroatoms. The summed E-state index contributed by atoms with van der Waals surface area (Å²) in [6, 6.07) is 7.73. The van der Waals surface area contributed by atoms with Crippen molar-refractivity contribution in [2.75, 3.05) is 32.9 Å². The summed E-state index contributed by atoms with van der Waals surface area (Å²) in [4.78, 5) is 13.7. The first-order chi connectivity index (χ1) is 9.08. The molecule has 1 rings (SSSR count). The van der Waals surface area contributed by atoms with Crippen molar-refractivity contribution in [3.63, 3.8) is 0 Å². The van der Waals surface area contributed by atoms with Crippen LogP contribution in [0.1, 0.15) is 12.0 Å². The molecule has 0 bridgehead atoms. The van der Waals surface area contributed by atoms with Crippen molar-refractivity contribution in [3.8, 4) is 0 Å². The van der Waals surface area contributed by atoms with E-state index in [4.69, 9.17) is 11.6 Å². The molecule has 3 nitrogen and oxygen atoms in total. The predicted octanol–water partition coefficient (Wildman–Crippen LogP) is 2.64. The number of nitrogens with zero attached hydrogens (tertiary/aromatic N) is 1. The number of nitrogens with one attached hydrogen (secondary N) is 1. The van der Waals surface area contributed by atoms with Gasteiger partial charge in [-0.15, -0.1) is 11.8 Å². The molecule has 0 unspecified atom stereocenters. The van der Waals surface area contributed by atoms with Gasteiger partial charge in [0.05, 0.1) is 5.75 Å². The summed E-state index contributed by atoms with van der Waals surface area (Å²) < 4.78 is 0. The number of hydrogen-bond donors (Lipinski definition) is 1. The van der Waals surface area contributed by atoms with Crippen LogP contribution in [0.15, 0.2) is 24.3 Å². The third-order valence-corrected chi connectivity index (χ3v) is 3.78. The summed E-state index contributed by atoms with van der Waals surface area (Å²) >= 11 is 7.43. The van der Waals surface area contributed by atoms with Gasteiger partial charge in [0.15, 0.2) is 0 Å². The van der Waals surface area contributed by atoms with Crippen LogP contribution in [-0.2, 0) is 10.5 Å². The second kappa shape index (κ2) is 9.23. The van der Waals surface area contributed by atoms with E-state index in [0.717, 1.165) is 30.3 Å². The number of hydrogen-bond acceptors (Lipinski definition) is 3. The van der Waals surface area contributed by atoms with Crippen molar-refractivity contribution in [1.29, 1.82) is 0 Å². The molecule has 0 aliphatic heterocycles. The van der Waals surface area contributed by atoms with Crippen molar-refractivity contribution < 1.29 is 4.79 Å². The Kier molecular flexibility index (Phi) is 7.94. The molecule has 0 atom stereocenters. The number of amides is 1. The Bertz CT molecular complexity index is 382. The highest BCUT2D eigenvalue weighted by atomic mass is 35.5. The van der Waals surface area contributed by atoms with Crippen LogP contribution in [0.25, 0.3) is 0 Å². The van der Waals surface area contributed by atoms with E-state index in [-0.39, 0.29) is 5.91 Å². The SMILES string of the molecule is CN(C)CCCNC(=O)CSCc1ccc(Cl)cc1. The minimum atomic E-state index is 0.109. The number of halogens is 1. The van der Waals surface area contributed by atoms with Crippen molar-refractivity contribution in [3.05, 3.63) is 34.9 Å². The Morgan fingerprint density at radius 3 is 2.63 bits per heavy atom. The maximum Gasteiger partial charge on any atom is 0.230 e. The number of thioether (sulfide) groups is 1. The van der Waals surface area contributed by atoms with E-state index < -0.39 is 0 Å². The second-order valence-corrected chi connectivity index (χ2v) is 6.05. The van der Waals surface area contributed by atoms with E-state index in [1.165, 1.54) is 5.56 Å². The Morgan fingerprint density at radius 1 is 1.32 bits per heavy atom. The van der Waals surface area contributed by atoms with E-state index in [9.17, 15) is 4.79 Å². The summed E-state index contributed by atoms with van der Waals surface area (Å²) in [7, 11) is 4.06. The van der Waals surface area contributed by atoms with Crippen LogP contribution in [0.5, 0.6) is 0 Å². The number of rotatable bonds is 8. The molecule has 0 saturated heterocycles. The highest BCUT2D eigenvalue weighted by Gasteiger charge is 2.01. The smallest absolute Gasteiger partial charge is 0.230 e. The molecular weight excluding hydrogens is 280 g/mol. The summed E-state index contributed by atoms with van der Waals surface area (Å²) in [5.74, 6) is 1.45. The molecule has 0 heterocycles. The average molecular weight is 301 g/mol. The molecule has 1 aromatic carbocycles. The fourth-order valence-electron chi connectivity index (χ4n) is 1.52. The zero-order valence-corrected chi connectivity index (χ0v) is 13.1. The lowest BCUT2D eigenvalue weighted by Gasteiger charge is -2.09. The lowest BCUT2D eigenvalue weighted by Crippen LogP contribution is -2.28. The van der Waals surface area contributed by atoms with Crippen LogP contribution in [-0.4, -0.2) is 43.7 Å². The number of benzene rings is 1. The molecule has 0 radical (unpaired) electrons.